The zero-order valence-corrected chi connectivity index (χ0v) is 12.5. The van der Waals surface area contributed by atoms with Crippen molar-refractivity contribution < 1.29 is 14.3 Å². The second-order valence-electron chi connectivity index (χ2n) is 4.21. The van der Waals surface area contributed by atoms with Gasteiger partial charge in [-0.05, 0) is 24.1 Å². The van der Waals surface area contributed by atoms with Crippen molar-refractivity contribution in [1.29, 1.82) is 0 Å². The predicted octanol–water partition coefficient (Wildman–Crippen LogP) is 4.05. The Morgan fingerprint density at radius 2 is 2.15 bits per heavy atom. The lowest BCUT2D eigenvalue weighted by Crippen LogP contribution is -2.17. The third-order valence-electron chi connectivity index (χ3n) is 2.85. The molecule has 2 rings (SSSR count). The molecule has 0 aliphatic heterocycles. The van der Waals surface area contributed by atoms with Crippen LogP contribution in [0.25, 0.3) is 0 Å². The Labute approximate surface area is 128 Å². The predicted molar refractivity (Wildman–Crippen MR) is 77.4 cm³/mol. The van der Waals surface area contributed by atoms with Crippen LogP contribution in [0.5, 0.6) is 0 Å². The summed E-state index contributed by atoms with van der Waals surface area (Å²) in [7, 11) is 0. The highest BCUT2D eigenvalue weighted by molar-refractivity contribution is 9.10. The van der Waals surface area contributed by atoms with E-state index in [1.165, 1.54) is 6.20 Å². The van der Waals surface area contributed by atoms with E-state index in [1.807, 2.05) is 6.07 Å². The van der Waals surface area contributed by atoms with E-state index in [-0.39, 0.29) is 17.1 Å². The summed E-state index contributed by atoms with van der Waals surface area (Å²) in [6.45, 7) is 0. The summed E-state index contributed by atoms with van der Waals surface area (Å²) in [5, 5.41) is 9.45. The lowest BCUT2D eigenvalue weighted by Gasteiger charge is -2.14. The van der Waals surface area contributed by atoms with E-state index in [9.17, 15) is 14.3 Å². The molecule has 0 saturated heterocycles. The lowest BCUT2D eigenvalue weighted by atomic mass is 9.95. The van der Waals surface area contributed by atoms with Crippen molar-refractivity contribution in [2.75, 3.05) is 0 Å². The number of aromatic nitrogens is 1. The van der Waals surface area contributed by atoms with Gasteiger partial charge in [-0.1, -0.05) is 45.7 Å². The molecule has 1 unspecified atom stereocenters. The van der Waals surface area contributed by atoms with Crippen molar-refractivity contribution in [3.05, 3.63) is 63.1 Å². The van der Waals surface area contributed by atoms with Gasteiger partial charge >= 0.3 is 5.97 Å². The standard InChI is InChI=1S/C14H10BrClFNO2/c15-11-4-2-1-3-8(11)5-10(14(19)20)13-12(17)6-9(16)7-18-13/h1-4,6-7,10H,5H2,(H,19,20). The normalized spacial score (nSPS) is 12.2. The molecule has 6 heteroatoms. The first-order chi connectivity index (χ1) is 9.49. The Balaban J connectivity index is 2.37. The molecule has 0 fully saturated rings. The van der Waals surface area contributed by atoms with Crippen LogP contribution in [0.15, 0.2) is 41.0 Å². The second kappa shape index (κ2) is 6.33. The summed E-state index contributed by atoms with van der Waals surface area (Å²) in [6.07, 6.45) is 1.39. The molecule has 1 aromatic heterocycles. The molecule has 0 amide bonds. The van der Waals surface area contributed by atoms with E-state index >= 15 is 0 Å². The number of hydrogen-bond donors (Lipinski definition) is 1. The number of hydrogen-bond acceptors (Lipinski definition) is 2. The molecule has 3 nitrogen and oxygen atoms in total. The maximum Gasteiger partial charge on any atom is 0.313 e. The lowest BCUT2D eigenvalue weighted by molar-refractivity contribution is -0.138. The Morgan fingerprint density at radius 3 is 2.75 bits per heavy atom. The van der Waals surface area contributed by atoms with Gasteiger partial charge in [-0.3, -0.25) is 9.78 Å². The first kappa shape index (κ1) is 14.9. The molecule has 1 atom stereocenters. The minimum absolute atomic E-state index is 0.113. The molecule has 0 aliphatic carbocycles. The number of pyridine rings is 1. The number of halogens is 3. The van der Waals surface area contributed by atoms with Crippen molar-refractivity contribution in [1.82, 2.24) is 4.98 Å². The first-order valence-corrected chi connectivity index (χ1v) is 6.93. The van der Waals surface area contributed by atoms with Crippen LogP contribution in [0.3, 0.4) is 0 Å². The van der Waals surface area contributed by atoms with Crippen molar-refractivity contribution in [3.63, 3.8) is 0 Å². The number of aliphatic carboxylic acids is 1. The fourth-order valence-electron chi connectivity index (χ4n) is 1.87. The van der Waals surface area contributed by atoms with E-state index in [2.05, 4.69) is 20.9 Å². The van der Waals surface area contributed by atoms with Crippen LogP contribution in [0.4, 0.5) is 4.39 Å². The average Bonchev–Trinajstić information content (AvgIpc) is 2.38. The first-order valence-electron chi connectivity index (χ1n) is 5.76. The van der Waals surface area contributed by atoms with Gasteiger partial charge in [0.2, 0.25) is 0 Å². The third-order valence-corrected chi connectivity index (χ3v) is 3.83. The van der Waals surface area contributed by atoms with Gasteiger partial charge in [0, 0.05) is 10.7 Å². The van der Waals surface area contributed by atoms with Gasteiger partial charge in [0.1, 0.15) is 11.7 Å². The molecule has 1 N–H and O–H groups in total. The zero-order chi connectivity index (χ0) is 14.7. The van der Waals surface area contributed by atoms with Crippen LogP contribution in [0.1, 0.15) is 17.2 Å². The summed E-state index contributed by atoms with van der Waals surface area (Å²) in [5.74, 6) is -2.91. The van der Waals surface area contributed by atoms with Crippen LogP contribution in [0.2, 0.25) is 5.02 Å². The Hall–Kier alpha value is -1.46. The number of carboxylic acids is 1. The van der Waals surface area contributed by atoms with Gasteiger partial charge in [0.15, 0.2) is 0 Å². The van der Waals surface area contributed by atoms with Crippen molar-refractivity contribution in [2.24, 2.45) is 0 Å². The van der Waals surface area contributed by atoms with E-state index in [0.29, 0.717) is 0 Å². The number of carbonyl (C=O) groups is 1. The van der Waals surface area contributed by atoms with E-state index in [0.717, 1.165) is 16.1 Å². The topological polar surface area (TPSA) is 50.2 Å². The highest BCUT2D eigenvalue weighted by Gasteiger charge is 2.26. The molecule has 20 heavy (non-hydrogen) atoms. The van der Waals surface area contributed by atoms with Crippen LogP contribution in [-0.2, 0) is 11.2 Å². The molecule has 2 aromatic rings. The van der Waals surface area contributed by atoms with Crippen LogP contribution in [0, 0.1) is 5.82 Å². The zero-order valence-electron chi connectivity index (χ0n) is 10.2. The summed E-state index contributed by atoms with van der Waals surface area (Å²) in [6, 6.07) is 8.28. The van der Waals surface area contributed by atoms with Crippen LogP contribution >= 0.6 is 27.5 Å². The Bertz CT molecular complexity index is 651. The van der Waals surface area contributed by atoms with Gasteiger partial charge in [0.25, 0.3) is 0 Å². The molecule has 0 saturated carbocycles. The largest absolute Gasteiger partial charge is 0.481 e. The highest BCUT2D eigenvalue weighted by atomic mass is 79.9. The van der Waals surface area contributed by atoms with Crippen LogP contribution in [-0.4, -0.2) is 16.1 Å². The summed E-state index contributed by atoms with van der Waals surface area (Å²) in [4.78, 5) is 15.2. The second-order valence-corrected chi connectivity index (χ2v) is 5.50. The number of rotatable bonds is 4. The minimum Gasteiger partial charge on any atom is -0.481 e. The quantitative estimate of drug-likeness (QED) is 0.897. The number of nitrogens with zero attached hydrogens (tertiary/aromatic N) is 1. The monoisotopic (exact) mass is 357 g/mol. The van der Waals surface area contributed by atoms with Crippen LogP contribution < -0.4 is 0 Å². The fourth-order valence-corrected chi connectivity index (χ4v) is 2.46. The van der Waals surface area contributed by atoms with Crippen molar-refractivity contribution in [3.8, 4) is 0 Å². The molecular weight excluding hydrogens is 349 g/mol. The molecule has 0 bridgehead atoms. The molecule has 0 radical (unpaired) electrons. The Kier molecular flexibility index (Phi) is 4.73. The van der Waals surface area contributed by atoms with E-state index in [1.54, 1.807) is 18.2 Å². The molecule has 0 aliphatic rings. The van der Waals surface area contributed by atoms with E-state index in [4.69, 9.17) is 11.6 Å². The van der Waals surface area contributed by atoms with Gasteiger partial charge in [-0.2, -0.15) is 0 Å². The summed E-state index contributed by atoms with van der Waals surface area (Å²) >= 11 is 8.98. The van der Waals surface area contributed by atoms with Crippen molar-refractivity contribution >= 4 is 33.5 Å². The highest BCUT2D eigenvalue weighted by Crippen LogP contribution is 2.27. The molecule has 1 aromatic carbocycles. The fraction of sp³-hybridized carbons (Fsp3) is 0.143. The van der Waals surface area contributed by atoms with Crippen molar-refractivity contribution in [2.45, 2.75) is 12.3 Å². The minimum atomic E-state index is -1.13. The number of carboxylic acid groups (broad SMARTS) is 1. The van der Waals surface area contributed by atoms with Gasteiger partial charge in [0.05, 0.1) is 10.7 Å². The van der Waals surface area contributed by atoms with Gasteiger partial charge < -0.3 is 5.11 Å². The SMILES string of the molecule is O=C(O)C(Cc1ccccc1Br)c1ncc(Cl)cc1F. The molecule has 1 heterocycles. The molecule has 0 spiro atoms. The maximum atomic E-state index is 13.8. The average molecular weight is 359 g/mol. The van der Waals surface area contributed by atoms with Gasteiger partial charge in [-0.15, -0.1) is 0 Å². The maximum absolute atomic E-state index is 13.8. The Morgan fingerprint density at radius 1 is 1.45 bits per heavy atom. The number of benzene rings is 1. The van der Waals surface area contributed by atoms with E-state index < -0.39 is 17.7 Å². The third kappa shape index (κ3) is 3.35. The smallest absolute Gasteiger partial charge is 0.313 e. The summed E-state index contributed by atoms with van der Waals surface area (Å²) < 4.78 is 14.6. The summed E-state index contributed by atoms with van der Waals surface area (Å²) in [5.41, 5.74) is 0.661. The van der Waals surface area contributed by atoms with Gasteiger partial charge in [-0.25, -0.2) is 4.39 Å². The molecular formula is C14H10BrClFNO2. The molecule has 104 valence electrons.